The number of hydrogen-bond acceptors (Lipinski definition) is 3. The summed E-state index contributed by atoms with van der Waals surface area (Å²) in [5, 5.41) is 9.06. The van der Waals surface area contributed by atoms with Gasteiger partial charge in [-0.15, -0.1) is 0 Å². The summed E-state index contributed by atoms with van der Waals surface area (Å²) < 4.78 is 0. The normalized spacial score (nSPS) is 17.8. The standard InChI is InChI=1S/C14H22N2O/c1-11(2)12-4-7-15-13(10-12)14(5-6-14)16(3)8-9-17/h4,7,10-11,17H,5-6,8-9H2,1-3H3. The van der Waals surface area contributed by atoms with Gasteiger partial charge in [-0.2, -0.15) is 0 Å². The molecule has 1 fully saturated rings. The molecule has 1 N–H and O–H groups in total. The molecule has 1 aliphatic rings. The summed E-state index contributed by atoms with van der Waals surface area (Å²) in [6.07, 6.45) is 4.22. The summed E-state index contributed by atoms with van der Waals surface area (Å²) >= 11 is 0. The Balaban J connectivity index is 2.24. The molecule has 17 heavy (non-hydrogen) atoms. The maximum atomic E-state index is 9.06. The molecule has 0 spiro atoms. The van der Waals surface area contributed by atoms with E-state index in [1.165, 1.54) is 11.3 Å². The van der Waals surface area contributed by atoms with Crippen LogP contribution in [0.2, 0.25) is 0 Å². The minimum atomic E-state index is 0.0909. The van der Waals surface area contributed by atoms with Crippen LogP contribution in [0.5, 0.6) is 0 Å². The molecule has 1 heterocycles. The fraction of sp³-hybridized carbons (Fsp3) is 0.643. The number of rotatable bonds is 5. The van der Waals surface area contributed by atoms with Gasteiger partial charge in [0, 0.05) is 12.7 Å². The lowest BCUT2D eigenvalue weighted by atomic mass is 10.0. The molecule has 0 amide bonds. The van der Waals surface area contributed by atoms with E-state index in [1.807, 2.05) is 6.20 Å². The second-order valence-corrected chi connectivity index (χ2v) is 5.31. The van der Waals surface area contributed by atoms with Crippen molar-refractivity contribution >= 4 is 0 Å². The van der Waals surface area contributed by atoms with Gasteiger partial charge in [0.25, 0.3) is 0 Å². The smallest absolute Gasteiger partial charge is 0.0633 e. The minimum absolute atomic E-state index is 0.0909. The third-order valence-corrected chi connectivity index (χ3v) is 3.82. The van der Waals surface area contributed by atoms with Crippen LogP contribution in [0, 0.1) is 0 Å². The molecule has 1 aliphatic carbocycles. The number of likely N-dealkylation sites (N-methyl/N-ethyl adjacent to an activating group) is 1. The third-order valence-electron chi connectivity index (χ3n) is 3.82. The van der Waals surface area contributed by atoms with E-state index in [9.17, 15) is 0 Å². The van der Waals surface area contributed by atoms with E-state index in [0.29, 0.717) is 12.5 Å². The first-order valence-corrected chi connectivity index (χ1v) is 6.38. The van der Waals surface area contributed by atoms with Crippen molar-refractivity contribution in [2.45, 2.75) is 38.1 Å². The highest BCUT2D eigenvalue weighted by atomic mass is 16.3. The van der Waals surface area contributed by atoms with Crippen molar-refractivity contribution in [1.82, 2.24) is 9.88 Å². The Morgan fingerprint density at radius 2 is 2.18 bits per heavy atom. The number of aliphatic hydroxyl groups is 1. The maximum Gasteiger partial charge on any atom is 0.0633 e. The Kier molecular flexibility index (Phi) is 3.50. The predicted molar refractivity (Wildman–Crippen MR) is 69.0 cm³/mol. The zero-order valence-corrected chi connectivity index (χ0v) is 11.0. The van der Waals surface area contributed by atoms with Crippen molar-refractivity contribution in [2.24, 2.45) is 0 Å². The van der Waals surface area contributed by atoms with Gasteiger partial charge in [-0.1, -0.05) is 13.8 Å². The minimum Gasteiger partial charge on any atom is -0.395 e. The summed E-state index contributed by atoms with van der Waals surface area (Å²) in [7, 11) is 2.08. The van der Waals surface area contributed by atoms with Gasteiger partial charge in [0.15, 0.2) is 0 Å². The Morgan fingerprint density at radius 3 is 2.71 bits per heavy atom. The zero-order valence-electron chi connectivity index (χ0n) is 11.0. The van der Waals surface area contributed by atoms with Gasteiger partial charge in [-0.25, -0.2) is 0 Å². The average molecular weight is 234 g/mol. The van der Waals surface area contributed by atoms with Crippen LogP contribution in [0.4, 0.5) is 0 Å². The van der Waals surface area contributed by atoms with Crippen LogP contribution < -0.4 is 0 Å². The fourth-order valence-electron chi connectivity index (χ4n) is 2.38. The molecular formula is C14H22N2O. The van der Waals surface area contributed by atoms with Gasteiger partial charge in [-0.05, 0) is 43.5 Å². The second kappa shape index (κ2) is 4.75. The Bertz CT molecular complexity index is 386. The van der Waals surface area contributed by atoms with Gasteiger partial charge < -0.3 is 5.11 Å². The number of aliphatic hydroxyl groups excluding tert-OH is 1. The van der Waals surface area contributed by atoms with Crippen LogP contribution in [0.25, 0.3) is 0 Å². The molecule has 3 heteroatoms. The van der Waals surface area contributed by atoms with Gasteiger partial charge >= 0.3 is 0 Å². The first-order valence-electron chi connectivity index (χ1n) is 6.38. The van der Waals surface area contributed by atoms with Crippen molar-refractivity contribution in [3.05, 3.63) is 29.6 Å². The molecule has 0 atom stereocenters. The van der Waals surface area contributed by atoms with Crippen molar-refractivity contribution < 1.29 is 5.11 Å². The highest BCUT2D eigenvalue weighted by Gasteiger charge is 2.48. The van der Waals surface area contributed by atoms with Crippen LogP contribution in [-0.4, -0.2) is 35.2 Å². The summed E-state index contributed by atoms with van der Waals surface area (Å²) in [6.45, 7) is 5.34. The van der Waals surface area contributed by atoms with E-state index in [2.05, 4.69) is 42.9 Å². The van der Waals surface area contributed by atoms with Gasteiger partial charge in [0.1, 0.15) is 0 Å². The number of aromatic nitrogens is 1. The number of hydrogen-bond donors (Lipinski definition) is 1. The van der Waals surface area contributed by atoms with Crippen LogP contribution in [0.1, 0.15) is 43.9 Å². The highest BCUT2D eigenvalue weighted by molar-refractivity contribution is 5.29. The summed E-state index contributed by atoms with van der Waals surface area (Å²) in [5.74, 6) is 0.538. The zero-order chi connectivity index (χ0) is 12.5. The van der Waals surface area contributed by atoms with Crippen molar-refractivity contribution in [2.75, 3.05) is 20.2 Å². The first kappa shape index (κ1) is 12.5. The van der Waals surface area contributed by atoms with Crippen LogP contribution in [0.15, 0.2) is 18.3 Å². The van der Waals surface area contributed by atoms with Crippen LogP contribution in [-0.2, 0) is 5.54 Å². The van der Waals surface area contributed by atoms with Crippen molar-refractivity contribution in [3.63, 3.8) is 0 Å². The molecule has 2 rings (SSSR count). The Hall–Kier alpha value is -0.930. The lowest BCUT2D eigenvalue weighted by molar-refractivity contribution is 0.163. The van der Waals surface area contributed by atoms with E-state index < -0.39 is 0 Å². The molecule has 3 nitrogen and oxygen atoms in total. The molecular weight excluding hydrogens is 212 g/mol. The monoisotopic (exact) mass is 234 g/mol. The van der Waals surface area contributed by atoms with E-state index in [1.54, 1.807) is 0 Å². The molecule has 0 aliphatic heterocycles. The molecule has 0 bridgehead atoms. The Labute approximate surface area is 103 Å². The highest BCUT2D eigenvalue weighted by Crippen LogP contribution is 2.49. The SMILES string of the molecule is CC(C)c1ccnc(C2(N(C)CCO)CC2)c1. The topological polar surface area (TPSA) is 36.4 Å². The lowest BCUT2D eigenvalue weighted by Crippen LogP contribution is -2.34. The molecule has 0 aromatic carbocycles. The molecule has 0 radical (unpaired) electrons. The van der Waals surface area contributed by atoms with E-state index >= 15 is 0 Å². The summed E-state index contributed by atoms with van der Waals surface area (Å²) in [5.41, 5.74) is 2.60. The lowest BCUT2D eigenvalue weighted by Gasteiger charge is -2.27. The quantitative estimate of drug-likeness (QED) is 0.847. The van der Waals surface area contributed by atoms with E-state index in [0.717, 1.165) is 12.8 Å². The molecule has 0 saturated heterocycles. The van der Waals surface area contributed by atoms with Gasteiger partial charge in [0.05, 0.1) is 17.8 Å². The van der Waals surface area contributed by atoms with Crippen molar-refractivity contribution in [3.8, 4) is 0 Å². The molecule has 1 aromatic rings. The first-order chi connectivity index (χ1) is 8.10. The molecule has 1 saturated carbocycles. The van der Waals surface area contributed by atoms with Crippen LogP contribution in [0.3, 0.4) is 0 Å². The van der Waals surface area contributed by atoms with Gasteiger partial charge in [0.2, 0.25) is 0 Å². The molecule has 0 unspecified atom stereocenters. The summed E-state index contributed by atoms with van der Waals surface area (Å²) in [4.78, 5) is 6.77. The van der Waals surface area contributed by atoms with Gasteiger partial charge in [-0.3, -0.25) is 9.88 Å². The largest absolute Gasteiger partial charge is 0.395 e. The number of nitrogens with zero attached hydrogens (tertiary/aromatic N) is 2. The second-order valence-electron chi connectivity index (χ2n) is 5.31. The molecule has 94 valence electrons. The predicted octanol–water partition coefficient (Wildman–Crippen LogP) is 2.12. The van der Waals surface area contributed by atoms with Crippen molar-refractivity contribution in [1.29, 1.82) is 0 Å². The Morgan fingerprint density at radius 1 is 1.47 bits per heavy atom. The molecule has 1 aromatic heterocycles. The van der Waals surface area contributed by atoms with Crippen LogP contribution >= 0.6 is 0 Å². The summed E-state index contributed by atoms with van der Waals surface area (Å²) in [6, 6.07) is 4.32. The fourth-order valence-corrected chi connectivity index (χ4v) is 2.38. The maximum absolute atomic E-state index is 9.06. The van der Waals surface area contributed by atoms with E-state index in [-0.39, 0.29) is 12.1 Å². The average Bonchev–Trinajstić information content (AvgIpc) is 3.11. The van der Waals surface area contributed by atoms with E-state index in [4.69, 9.17) is 5.11 Å². The number of pyridine rings is 1. The third kappa shape index (κ3) is 2.35.